The number of aliphatic carboxylic acids is 1. The molecule has 2 fully saturated rings. The molecule has 1 amide bonds. The standard InChI is InChI=1S/C15H26N2O3/c1-9-12(16)5-4-11(15(9,2)3)13(18)17-7-6-10(8-17)14(19)20/h9-12H,4-8,16H2,1-3H3,(H,19,20). The molecule has 1 saturated heterocycles. The van der Waals surface area contributed by atoms with Crippen molar-refractivity contribution >= 4 is 11.9 Å². The van der Waals surface area contributed by atoms with Crippen LogP contribution in [0.4, 0.5) is 0 Å². The maximum atomic E-state index is 12.7. The normalized spacial score (nSPS) is 36.9. The molecule has 1 aliphatic carbocycles. The first-order chi connectivity index (χ1) is 9.25. The van der Waals surface area contributed by atoms with E-state index in [1.54, 1.807) is 4.90 Å². The summed E-state index contributed by atoms with van der Waals surface area (Å²) in [5, 5.41) is 9.05. The summed E-state index contributed by atoms with van der Waals surface area (Å²) in [5.41, 5.74) is 6.00. The summed E-state index contributed by atoms with van der Waals surface area (Å²) in [4.78, 5) is 25.5. The zero-order chi connectivity index (χ0) is 15.1. The van der Waals surface area contributed by atoms with Crippen LogP contribution in [-0.4, -0.2) is 41.0 Å². The Kier molecular flexibility index (Phi) is 4.09. The monoisotopic (exact) mass is 282 g/mol. The molecular formula is C15H26N2O3. The summed E-state index contributed by atoms with van der Waals surface area (Å²) in [6.07, 6.45) is 2.26. The van der Waals surface area contributed by atoms with Gasteiger partial charge in [-0.25, -0.2) is 0 Å². The Hall–Kier alpha value is -1.10. The Bertz CT molecular complexity index is 408. The molecule has 1 heterocycles. The second-order valence-corrected chi connectivity index (χ2v) is 7.01. The molecule has 0 spiro atoms. The van der Waals surface area contributed by atoms with Gasteiger partial charge in [0.2, 0.25) is 5.91 Å². The van der Waals surface area contributed by atoms with Crippen LogP contribution in [0.25, 0.3) is 0 Å². The van der Waals surface area contributed by atoms with Crippen molar-refractivity contribution in [1.29, 1.82) is 0 Å². The fraction of sp³-hybridized carbons (Fsp3) is 0.867. The predicted molar refractivity (Wildman–Crippen MR) is 76.0 cm³/mol. The average Bonchev–Trinajstić information content (AvgIpc) is 2.85. The Morgan fingerprint density at radius 2 is 1.90 bits per heavy atom. The lowest BCUT2D eigenvalue weighted by molar-refractivity contribution is -0.144. The van der Waals surface area contributed by atoms with Gasteiger partial charge in [-0.15, -0.1) is 0 Å². The highest BCUT2D eigenvalue weighted by molar-refractivity contribution is 5.81. The summed E-state index contributed by atoms with van der Waals surface area (Å²) in [5.74, 6) is -0.811. The van der Waals surface area contributed by atoms with Crippen molar-refractivity contribution in [1.82, 2.24) is 4.90 Å². The van der Waals surface area contributed by atoms with Gasteiger partial charge in [0.15, 0.2) is 0 Å². The molecule has 0 aromatic heterocycles. The van der Waals surface area contributed by atoms with Crippen LogP contribution < -0.4 is 5.73 Å². The number of carboxylic acids is 1. The molecule has 114 valence electrons. The first-order valence-electron chi connectivity index (χ1n) is 7.52. The zero-order valence-electron chi connectivity index (χ0n) is 12.6. The van der Waals surface area contributed by atoms with Gasteiger partial charge >= 0.3 is 5.97 Å². The lowest BCUT2D eigenvalue weighted by atomic mass is 9.60. The predicted octanol–water partition coefficient (Wildman–Crippen LogP) is 1.32. The van der Waals surface area contributed by atoms with E-state index in [9.17, 15) is 9.59 Å². The van der Waals surface area contributed by atoms with Crippen molar-refractivity contribution in [2.24, 2.45) is 28.9 Å². The minimum atomic E-state index is -0.793. The van der Waals surface area contributed by atoms with Gasteiger partial charge < -0.3 is 15.7 Å². The maximum absolute atomic E-state index is 12.7. The fourth-order valence-corrected chi connectivity index (χ4v) is 3.67. The minimum absolute atomic E-state index is 0.0372. The van der Waals surface area contributed by atoms with Gasteiger partial charge in [0.1, 0.15) is 0 Å². The van der Waals surface area contributed by atoms with E-state index in [0.29, 0.717) is 25.4 Å². The van der Waals surface area contributed by atoms with Crippen molar-refractivity contribution < 1.29 is 14.7 Å². The fourth-order valence-electron chi connectivity index (χ4n) is 3.67. The van der Waals surface area contributed by atoms with E-state index in [2.05, 4.69) is 20.8 Å². The molecule has 0 bridgehead atoms. The van der Waals surface area contributed by atoms with Crippen LogP contribution in [0.3, 0.4) is 0 Å². The molecule has 5 heteroatoms. The van der Waals surface area contributed by atoms with Crippen molar-refractivity contribution in [3.8, 4) is 0 Å². The molecule has 1 saturated carbocycles. The third kappa shape index (κ3) is 2.55. The van der Waals surface area contributed by atoms with Gasteiger partial charge in [-0.05, 0) is 30.6 Å². The number of hydrogen-bond donors (Lipinski definition) is 2. The van der Waals surface area contributed by atoms with E-state index in [-0.39, 0.29) is 23.3 Å². The molecular weight excluding hydrogens is 256 g/mol. The van der Waals surface area contributed by atoms with E-state index >= 15 is 0 Å². The van der Waals surface area contributed by atoms with Crippen LogP contribution in [0.1, 0.15) is 40.0 Å². The van der Waals surface area contributed by atoms with Crippen LogP contribution in [-0.2, 0) is 9.59 Å². The number of carbonyl (C=O) groups excluding carboxylic acids is 1. The summed E-state index contributed by atoms with van der Waals surface area (Å²) < 4.78 is 0. The molecule has 1 aliphatic heterocycles. The topological polar surface area (TPSA) is 83.6 Å². The summed E-state index contributed by atoms with van der Waals surface area (Å²) >= 11 is 0. The van der Waals surface area contributed by atoms with Crippen molar-refractivity contribution in [3.05, 3.63) is 0 Å². The smallest absolute Gasteiger partial charge is 0.308 e. The number of likely N-dealkylation sites (tertiary alicyclic amines) is 1. The molecule has 5 nitrogen and oxygen atoms in total. The summed E-state index contributed by atoms with van der Waals surface area (Å²) in [6, 6.07) is 0.152. The molecule has 20 heavy (non-hydrogen) atoms. The highest BCUT2D eigenvalue weighted by Crippen LogP contribution is 2.45. The number of carboxylic acid groups (broad SMARTS) is 1. The second kappa shape index (κ2) is 5.35. The maximum Gasteiger partial charge on any atom is 0.308 e. The highest BCUT2D eigenvalue weighted by atomic mass is 16.4. The van der Waals surface area contributed by atoms with E-state index in [1.165, 1.54) is 0 Å². The summed E-state index contributed by atoms with van der Waals surface area (Å²) in [6.45, 7) is 7.28. The Morgan fingerprint density at radius 1 is 1.25 bits per heavy atom. The van der Waals surface area contributed by atoms with Gasteiger partial charge in [-0.2, -0.15) is 0 Å². The van der Waals surface area contributed by atoms with Crippen LogP contribution in [0.2, 0.25) is 0 Å². The molecule has 0 aromatic rings. The van der Waals surface area contributed by atoms with Gasteiger partial charge in [0.05, 0.1) is 5.92 Å². The number of hydrogen-bond acceptors (Lipinski definition) is 3. The Balaban J connectivity index is 2.08. The van der Waals surface area contributed by atoms with Crippen LogP contribution in [0.5, 0.6) is 0 Å². The summed E-state index contributed by atoms with van der Waals surface area (Å²) in [7, 11) is 0. The number of nitrogens with two attached hydrogens (primary N) is 1. The lowest BCUT2D eigenvalue weighted by Gasteiger charge is -2.47. The van der Waals surface area contributed by atoms with Gasteiger partial charge in [0, 0.05) is 25.0 Å². The molecule has 2 aliphatic rings. The van der Waals surface area contributed by atoms with Crippen LogP contribution >= 0.6 is 0 Å². The largest absolute Gasteiger partial charge is 0.481 e. The highest BCUT2D eigenvalue weighted by Gasteiger charge is 2.47. The van der Waals surface area contributed by atoms with Crippen molar-refractivity contribution in [2.45, 2.75) is 46.1 Å². The number of carbonyl (C=O) groups is 2. The third-order valence-corrected chi connectivity index (χ3v) is 5.65. The zero-order valence-corrected chi connectivity index (χ0v) is 12.6. The third-order valence-electron chi connectivity index (χ3n) is 5.65. The lowest BCUT2D eigenvalue weighted by Crippen LogP contribution is -2.52. The van der Waals surface area contributed by atoms with Crippen LogP contribution in [0.15, 0.2) is 0 Å². The molecule has 0 aromatic carbocycles. The van der Waals surface area contributed by atoms with E-state index in [4.69, 9.17) is 10.8 Å². The average molecular weight is 282 g/mol. The van der Waals surface area contributed by atoms with Crippen molar-refractivity contribution in [3.63, 3.8) is 0 Å². The molecule has 2 rings (SSSR count). The first-order valence-corrected chi connectivity index (χ1v) is 7.52. The van der Waals surface area contributed by atoms with Gasteiger partial charge in [0.25, 0.3) is 0 Å². The van der Waals surface area contributed by atoms with Gasteiger partial charge in [-0.1, -0.05) is 20.8 Å². The molecule has 3 N–H and O–H groups in total. The molecule has 4 atom stereocenters. The second-order valence-electron chi connectivity index (χ2n) is 7.01. The quantitative estimate of drug-likeness (QED) is 0.800. The van der Waals surface area contributed by atoms with Crippen LogP contribution in [0, 0.1) is 23.2 Å². The first kappa shape index (κ1) is 15.3. The number of amides is 1. The molecule has 0 radical (unpaired) electrons. The van der Waals surface area contributed by atoms with E-state index in [1.807, 2.05) is 0 Å². The van der Waals surface area contributed by atoms with E-state index in [0.717, 1.165) is 12.8 Å². The van der Waals surface area contributed by atoms with Gasteiger partial charge in [-0.3, -0.25) is 9.59 Å². The van der Waals surface area contributed by atoms with E-state index < -0.39 is 11.9 Å². The number of rotatable bonds is 2. The Morgan fingerprint density at radius 3 is 2.45 bits per heavy atom. The number of nitrogens with zero attached hydrogens (tertiary/aromatic N) is 1. The SMILES string of the molecule is CC1C(N)CCC(C(=O)N2CCC(C(=O)O)C2)C1(C)C. The minimum Gasteiger partial charge on any atom is -0.481 e. The van der Waals surface area contributed by atoms with Crippen molar-refractivity contribution in [2.75, 3.05) is 13.1 Å². The Labute approximate surface area is 120 Å². The molecule has 4 unspecified atom stereocenters.